The monoisotopic (exact) mass is 444 g/mol. The van der Waals surface area contributed by atoms with Crippen LogP contribution in [0.1, 0.15) is 10.4 Å². The van der Waals surface area contributed by atoms with Crippen LogP contribution in [0.3, 0.4) is 0 Å². The molecule has 1 heterocycles. The molecule has 0 saturated carbocycles. The van der Waals surface area contributed by atoms with Crippen molar-refractivity contribution in [2.75, 3.05) is 5.32 Å². The van der Waals surface area contributed by atoms with Crippen molar-refractivity contribution in [1.29, 1.82) is 0 Å². The zero-order chi connectivity index (χ0) is 20.2. The Morgan fingerprint density at radius 3 is 2.03 bits per heavy atom. The lowest BCUT2D eigenvalue weighted by Crippen LogP contribution is -2.23. The van der Waals surface area contributed by atoms with Crippen molar-refractivity contribution in [1.82, 2.24) is 4.98 Å². The summed E-state index contributed by atoms with van der Waals surface area (Å²) in [5, 5.41) is 2.75. The van der Waals surface area contributed by atoms with E-state index >= 15 is 0 Å². The van der Waals surface area contributed by atoms with Gasteiger partial charge in [-0.15, -0.1) is 0 Å². The lowest BCUT2D eigenvalue weighted by molar-refractivity contribution is 0.102. The highest BCUT2D eigenvalue weighted by molar-refractivity contribution is 9.10. The van der Waals surface area contributed by atoms with Crippen LogP contribution in [0.2, 0.25) is 0 Å². The number of carbonyl (C=O) groups excluding carboxylic acids is 1. The average Bonchev–Trinajstić information content (AvgIpc) is 2.76. The number of para-hydroxylation sites is 1. The molecule has 0 spiro atoms. The molecule has 3 aromatic carbocycles. The molecule has 0 aliphatic heterocycles. The highest BCUT2D eigenvalue weighted by Crippen LogP contribution is 2.24. The van der Waals surface area contributed by atoms with Crippen molar-refractivity contribution >= 4 is 27.5 Å². The molecule has 5 heteroatoms. The van der Waals surface area contributed by atoms with E-state index in [9.17, 15) is 9.59 Å². The fraction of sp³-hybridized carbons (Fsp3) is 0. The molecule has 1 aromatic heterocycles. The standard InChI is InChI=1S/C24H17BrN2O2/c25-20-8-4-5-9-22(20)27-24(29)19-14-15-21(26-23(19)28)18-12-10-17(11-13-18)16-6-2-1-3-7-16/h1-15H,(H,26,28)(H,27,29). The van der Waals surface area contributed by atoms with E-state index in [4.69, 9.17) is 0 Å². The molecule has 1 amide bonds. The topological polar surface area (TPSA) is 62.0 Å². The van der Waals surface area contributed by atoms with Gasteiger partial charge < -0.3 is 10.3 Å². The second kappa shape index (κ2) is 8.29. The van der Waals surface area contributed by atoms with Crippen LogP contribution in [0.15, 0.2) is 100 Å². The highest BCUT2D eigenvalue weighted by Gasteiger charge is 2.13. The van der Waals surface area contributed by atoms with Gasteiger partial charge in [-0.3, -0.25) is 9.59 Å². The summed E-state index contributed by atoms with van der Waals surface area (Å²) < 4.78 is 0.750. The van der Waals surface area contributed by atoms with E-state index in [0.717, 1.165) is 21.2 Å². The number of pyridine rings is 1. The molecular weight excluding hydrogens is 428 g/mol. The average molecular weight is 445 g/mol. The van der Waals surface area contributed by atoms with Gasteiger partial charge in [0.2, 0.25) is 0 Å². The first-order chi connectivity index (χ1) is 14.1. The van der Waals surface area contributed by atoms with Gasteiger partial charge in [0.25, 0.3) is 11.5 Å². The van der Waals surface area contributed by atoms with Crippen molar-refractivity contribution in [2.24, 2.45) is 0 Å². The summed E-state index contributed by atoms with van der Waals surface area (Å²) in [6.07, 6.45) is 0. The summed E-state index contributed by atoms with van der Waals surface area (Å²) in [6.45, 7) is 0. The molecule has 0 aliphatic rings. The Morgan fingerprint density at radius 2 is 1.34 bits per heavy atom. The molecule has 0 radical (unpaired) electrons. The Labute approximate surface area is 176 Å². The Hall–Kier alpha value is -3.44. The molecule has 142 valence electrons. The number of H-pyrrole nitrogens is 1. The van der Waals surface area contributed by atoms with Crippen LogP contribution in [-0.4, -0.2) is 10.9 Å². The number of aromatic amines is 1. The number of halogens is 1. The molecule has 0 saturated heterocycles. The van der Waals surface area contributed by atoms with E-state index in [-0.39, 0.29) is 5.56 Å². The van der Waals surface area contributed by atoms with Crippen LogP contribution in [-0.2, 0) is 0 Å². The van der Waals surface area contributed by atoms with Crippen molar-refractivity contribution in [2.45, 2.75) is 0 Å². The number of hydrogen-bond acceptors (Lipinski definition) is 2. The van der Waals surface area contributed by atoms with E-state index in [1.165, 1.54) is 0 Å². The molecule has 0 unspecified atom stereocenters. The Balaban J connectivity index is 1.56. The second-order valence-corrected chi connectivity index (χ2v) is 7.35. The van der Waals surface area contributed by atoms with Gasteiger partial charge in [0.15, 0.2) is 0 Å². The molecule has 4 rings (SSSR count). The molecule has 0 bridgehead atoms. The van der Waals surface area contributed by atoms with E-state index in [1.54, 1.807) is 18.2 Å². The Bertz CT molecular complexity index is 1220. The summed E-state index contributed by atoms with van der Waals surface area (Å²) in [5.41, 5.74) is 4.00. The third-order valence-corrected chi connectivity index (χ3v) is 5.27. The van der Waals surface area contributed by atoms with Crippen molar-refractivity contribution < 1.29 is 4.79 Å². The van der Waals surface area contributed by atoms with Gasteiger partial charge in [0, 0.05) is 10.2 Å². The van der Waals surface area contributed by atoms with Crippen LogP contribution in [0.4, 0.5) is 5.69 Å². The number of carbonyl (C=O) groups is 1. The minimum Gasteiger partial charge on any atom is -0.321 e. The smallest absolute Gasteiger partial charge is 0.261 e. The maximum atomic E-state index is 12.5. The van der Waals surface area contributed by atoms with Gasteiger partial charge >= 0.3 is 0 Å². The van der Waals surface area contributed by atoms with Gasteiger partial charge in [-0.1, -0.05) is 66.7 Å². The van der Waals surface area contributed by atoms with E-state index in [0.29, 0.717) is 11.4 Å². The summed E-state index contributed by atoms with van der Waals surface area (Å²) in [7, 11) is 0. The third-order valence-electron chi connectivity index (χ3n) is 4.58. The number of anilines is 1. The molecular formula is C24H17BrN2O2. The van der Waals surface area contributed by atoms with Crippen molar-refractivity contribution in [3.63, 3.8) is 0 Å². The summed E-state index contributed by atoms with van der Waals surface area (Å²) in [6, 6.07) is 28.5. The van der Waals surface area contributed by atoms with Crippen LogP contribution < -0.4 is 10.9 Å². The van der Waals surface area contributed by atoms with Crippen molar-refractivity contribution in [3.05, 3.63) is 111 Å². The zero-order valence-corrected chi connectivity index (χ0v) is 16.9. The quantitative estimate of drug-likeness (QED) is 0.422. The largest absolute Gasteiger partial charge is 0.321 e. The fourth-order valence-electron chi connectivity index (χ4n) is 3.05. The summed E-state index contributed by atoms with van der Waals surface area (Å²) >= 11 is 3.38. The lowest BCUT2D eigenvalue weighted by Gasteiger charge is -2.08. The minimum atomic E-state index is -0.455. The number of amides is 1. The number of rotatable bonds is 4. The first kappa shape index (κ1) is 18.9. The van der Waals surface area contributed by atoms with Gasteiger partial charge in [-0.25, -0.2) is 0 Å². The normalized spacial score (nSPS) is 10.5. The maximum Gasteiger partial charge on any atom is 0.261 e. The van der Waals surface area contributed by atoms with E-state index in [2.05, 4.69) is 38.4 Å². The van der Waals surface area contributed by atoms with Crippen LogP contribution in [0.5, 0.6) is 0 Å². The predicted molar refractivity (Wildman–Crippen MR) is 120 cm³/mol. The number of nitrogens with one attached hydrogen (secondary N) is 2. The van der Waals surface area contributed by atoms with Crippen LogP contribution in [0.25, 0.3) is 22.4 Å². The molecule has 2 N–H and O–H groups in total. The number of hydrogen-bond donors (Lipinski definition) is 2. The molecule has 4 aromatic rings. The molecule has 4 nitrogen and oxygen atoms in total. The van der Waals surface area contributed by atoms with Gasteiger partial charge in [0.05, 0.1) is 5.69 Å². The van der Waals surface area contributed by atoms with Crippen LogP contribution in [0, 0.1) is 0 Å². The SMILES string of the molecule is O=C(Nc1ccccc1Br)c1ccc(-c2ccc(-c3ccccc3)cc2)[nH]c1=O. The maximum absolute atomic E-state index is 12.5. The summed E-state index contributed by atoms with van der Waals surface area (Å²) in [5.74, 6) is -0.455. The molecule has 0 atom stereocenters. The first-order valence-electron chi connectivity index (χ1n) is 9.07. The fourth-order valence-corrected chi connectivity index (χ4v) is 3.43. The number of benzene rings is 3. The second-order valence-electron chi connectivity index (χ2n) is 6.49. The molecule has 0 fully saturated rings. The predicted octanol–water partition coefficient (Wildman–Crippen LogP) is 5.72. The number of aromatic nitrogens is 1. The van der Waals surface area contributed by atoms with Crippen molar-refractivity contribution in [3.8, 4) is 22.4 Å². The van der Waals surface area contributed by atoms with E-state index in [1.807, 2.05) is 60.7 Å². The van der Waals surface area contributed by atoms with Gasteiger partial charge in [-0.05, 0) is 56.9 Å². The first-order valence-corrected chi connectivity index (χ1v) is 9.86. The van der Waals surface area contributed by atoms with Crippen LogP contribution >= 0.6 is 15.9 Å². The van der Waals surface area contributed by atoms with Gasteiger partial charge in [0.1, 0.15) is 5.56 Å². The Morgan fingerprint density at radius 1 is 0.724 bits per heavy atom. The third kappa shape index (κ3) is 4.20. The van der Waals surface area contributed by atoms with Gasteiger partial charge in [-0.2, -0.15) is 0 Å². The zero-order valence-electron chi connectivity index (χ0n) is 15.4. The lowest BCUT2D eigenvalue weighted by atomic mass is 10.0. The highest BCUT2D eigenvalue weighted by atomic mass is 79.9. The Kier molecular flexibility index (Phi) is 5.40. The molecule has 0 aliphatic carbocycles. The summed E-state index contributed by atoms with van der Waals surface area (Å²) in [4.78, 5) is 27.8. The minimum absolute atomic E-state index is 0.0606. The van der Waals surface area contributed by atoms with E-state index < -0.39 is 11.5 Å². The molecule has 29 heavy (non-hydrogen) atoms.